The number of thiocarbonyl (C=S) groups is 1. The van der Waals surface area contributed by atoms with Crippen molar-refractivity contribution in [2.75, 3.05) is 0 Å². The monoisotopic (exact) mass is 320 g/mol. The molecule has 0 spiro atoms. The van der Waals surface area contributed by atoms with E-state index in [0.717, 1.165) is 11.3 Å². The van der Waals surface area contributed by atoms with Gasteiger partial charge in [0.15, 0.2) is 9.98 Å². The lowest BCUT2D eigenvalue weighted by Crippen LogP contribution is -2.49. The first-order valence-corrected chi connectivity index (χ1v) is 6.94. The van der Waals surface area contributed by atoms with Crippen molar-refractivity contribution in [2.45, 2.75) is 11.8 Å². The van der Waals surface area contributed by atoms with E-state index in [1.54, 1.807) is 18.2 Å². The van der Waals surface area contributed by atoms with E-state index in [0.29, 0.717) is 10.0 Å². The molecule has 1 aliphatic heterocycles. The van der Waals surface area contributed by atoms with E-state index >= 15 is 0 Å². The molecule has 0 saturated heterocycles. The number of nitrogens with two attached hydrogens (primary N) is 1. The summed E-state index contributed by atoms with van der Waals surface area (Å²) in [6.07, 6.45) is 0. The average molecular weight is 321 g/mol. The van der Waals surface area contributed by atoms with Gasteiger partial charge in [-0.25, -0.2) is 4.83 Å². The number of benzene rings is 1. The zero-order chi connectivity index (χ0) is 13.3. The molecule has 1 aliphatic rings. The fourth-order valence-electron chi connectivity index (χ4n) is 1.69. The first-order valence-electron chi connectivity index (χ1n) is 4.96. The lowest BCUT2D eigenvalue weighted by Gasteiger charge is -2.30. The Balaban J connectivity index is 2.57. The molecule has 1 heterocycles. The average Bonchev–Trinajstić information content (AvgIpc) is 2.64. The van der Waals surface area contributed by atoms with Crippen LogP contribution >= 0.6 is 47.4 Å². The van der Waals surface area contributed by atoms with E-state index in [9.17, 15) is 0 Å². The Bertz CT molecular complexity index is 535. The normalized spacial score (nSPS) is 22.3. The van der Waals surface area contributed by atoms with Crippen LogP contribution in [0.5, 0.6) is 0 Å². The number of nitrogens with zero attached hydrogens (tertiary/aromatic N) is 1. The third kappa shape index (κ3) is 2.38. The van der Waals surface area contributed by atoms with Crippen molar-refractivity contribution in [3.05, 3.63) is 33.8 Å². The van der Waals surface area contributed by atoms with Crippen LogP contribution in [0.4, 0.5) is 0 Å². The molecule has 1 atom stereocenters. The van der Waals surface area contributed by atoms with Crippen LogP contribution in [0.3, 0.4) is 0 Å². The van der Waals surface area contributed by atoms with Gasteiger partial charge >= 0.3 is 0 Å². The summed E-state index contributed by atoms with van der Waals surface area (Å²) in [4.78, 5) is 2.11. The number of halogens is 2. The summed E-state index contributed by atoms with van der Waals surface area (Å²) in [5.74, 6) is 0. The van der Waals surface area contributed by atoms with Crippen LogP contribution in [-0.2, 0) is 4.87 Å². The van der Waals surface area contributed by atoms with Gasteiger partial charge in [0.2, 0.25) is 0 Å². The van der Waals surface area contributed by atoms with Crippen LogP contribution in [-0.4, -0.2) is 10.8 Å². The lowest BCUT2D eigenvalue weighted by molar-refractivity contribution is 0.771. The molecule has 0 amide bonds. The molecule has 0 radical (unpaired) electrons. The van der Waals surface area contributed by atoms with E-state index < -0.39 is 4.87 Å². The third-order valence-corrected chi connectivity index (χ3v) is 4.30. The molecular weight excluding hydrogens is 311 g/mol. The third-order valence-electron chi connectivity index (χ3n) is 2.53. The Morgan fingerprint density at radius 2 is 2.28 bits per heavy atom. The fourth-order valence-corrected chi connectivity index (χ4v) is 3.34. The van der Waals surface area contributed by atoms with Gasteiger partial charge in [0, 0.05) is 27.6 Å². The predicted molar refractivity (Wildman–Crippen MR) is 81.9 cm³/mol. The molecule has 2 rings (SSSR count). The Labute approximate surface area is 124 Å². The van der Waals surface area contributed by atoms with Gasteiger partial charge in [-0.15, -0.1) is 0 Å². The van der Waals surface area contributed by atoms with Gasteiger partial charge in [-0.05, 0) is 37.3 Å². The van der Waals surface area contributed by atoms with Crippen LogP contribution in [0.1, 0.15) is 12.5 Å². The van der Waals surface area contributed by atoms with Crippen molar-refractivity contribution < 1.29 is 0 Å². The highest BCUT2D eigenvalue weighted by Crippen LogP contribution is 2.41. The molecule has 0 saturated carbocycles. The Morgan fingerprint density at radius 3 is 2.83 bits per heavy atom. The van der Waals surface area contributed by atoms with Crippen LogP contribution < -0.4 is 15.9 Å². The van der Waals surface area contributed by atoms with Crippen molar-refractivity contribution in [1.82, 2.24) is 10.1 Å². The minimum Gasteiger partial charge on any atom is -0.376 e. The van der Waals surface area contributed by atoms with Gasteiger partial charge in [-0.1, -0.05) is 23.2 Å². The number of hydrazone groups is 1. The molecule has 4 N–H and O–H groups in total. The maximum Gasteiger partial charge on any atom is 0.174 e. The van der Waals surface area contributed by atoms with Gasteiger partial charge in [-0.3, -0.25) is 0 Å². The summed E-state index contributed by atoms with van der Waals surface area (Å²) in [5, 5.41) is 8.48. The highest BCUT2D eigenvalue weighted by Gasteiger charge is 2.42. The Kier molecular flexibility index (Phi) is 3.91. The second kappa shape index (κ2) is 5.13. The van der Waals surface area contributed by atoms with Gasteiger partial charge in [0.1, 0.15) is 0 Å². The highest BCUT2D eigenvalue weighted by molar-refractivity contribution is 7.99. The number of hydrogen-bond acceptors (Lipinski definition) is 4. The van der Waals surface area contributed by atoms with Crippen molar-refractivity contribution >= 4 is 58.2 Å². The molecular formula is C10H10Cl2N4S2. The maximum absolute atomic E-state index is 6.24. The SMILES string of the molecule is CC1=NNSC1(NC(N)=S)c1cc(Cl)ccc1Cl. The van der Waals surface area contributed by atoms with E-state index in [4.69, 9.17) is 41.2 Å². The summed E-state index contributed by atoms with van der Waals surface area (Å²) in [5.41, 5.74) is 7.13. The van der Waals surface area contributed by atoms with Gasteiger partial charge in [-0.2, -0.15) is 5.10 Å². The zero-order valence-corrected chi connectivity index (χ0v) is 12.5. The second-order valence-corrected chi connectivity index (χ2v) is 5.97. The molecule has 96 valence electrons. The van der Waals surface area contributed by atoms with Crippen molar-refractivity contribution in [3.63, 3.8) is 0 Å². The van der Waals surface area contributed by atoms with Crippen molar-refractivity contribution in [1.29, 1.82) is 0 Å². The Morgan fingerprint density at radius 1 is 1.56 bits per heavy atom. The number of nitrogens with one attached hydrogen (secondary N) is 2. The molecule has 1 aromatic rings. The topological polar surface area (TPSA) is 62.4 Å². The lowest BCUT2D eigenvalue weighted by atomic mass is 10.0. The summed E-state index contributed by atoms with van der Waals surface area (Å²) in [6.45, 7) is 1.86. The highest BCUT2D eigenvalue weighted by atomic mass is 35.5. The summed E-state index contributed by atoms with van der Waals surface area (Å²) in [6, 6.07) is 5.23. The van der Waals surface area contributed by atoms with E-state index in [2.05, 4.69) is 15.2 Å². The number of rotatable bonds is 2. The quantitative estimate of drug-likeness (QED) is 0.577. The minimum absolute atomic E-state index is 0.164. The van der Waals surface area contributed by atoms with E-state index in [1.807, 2.05) is 6.92 Å². The Hall–Kier alpha value is -0.690. The van der Waals surface area contributed by atoms with Crippen LogP contribution in [0, 0.1) is 0 Å². The molecule has 1 aromatic carbocycles. The van der Waals surface area contributed by atoms with Gasteiger partial charge < -0.3 is 11.1 Å². The molecule has 4 nitrogen and oxygen atoms in total. The van der Waals surface area contributed by atoms with Crippen molar-refractivity contribution in [2.24, 2.45) is 10.8 Å². The molecule has 0 aliphatic carbocycles. The predicted octanol–water partition coefficient (Wildman–Crippen LogP) is 2.61. The molecule has 8 heteroatoms. The molecule has 0 fully saturated rings. The summed E-state index contributed by atoms with van der Waals surface area (Å²) < 4.78 is 0. The smallest absolute Gasteiger partial charge is 0.174 e. The second-order valence-electron chi connectivity index (χ2n) is 3.69. The first-order chi connectivity index (χ1) is 8.45. The van der Waals surface area contributed by atoms with Crippen LogP contribution in [0.15, 0.2) is 23.3 Å². The van der Waals surface area contributed by atoms with Crippen LogP contribution in [0.25, 0.3) is 0 Å². The standard InChI is InChI=1S/C10H10Cl2N4S2/c1-5-10(14-9(13)17,18-16-15-5)7-4-6(11)2-3-8(7)12/h2-4,16H,1H3,(H3,13,14,17). The van der Waals surface area contributed by atoms with Gasteiger partial charge in [0.25, 0.3) is 0 Å². The van der Waals surface area contributed by atoms with E-state index in [-0.39, 0.29) is 5.11 Å². The van der Waals surface area contributed by atoms with Crippen LogP contribution in [0.2, 0.25) is 10.0 Å². The van der Waals surface area contributed by atoms with Crippen molar-refractivity contribution in [3.8, 4) is 0 Å². The molecule has 18 heavy (non-hydrogen) atoms. The molecule has 0 bridgehead atoms. The molecule has 0 aromatic heterocycles. The summed E-state index contributed by atoms with van der Waals surface area (Å²) in [7, 11) is 0. The first kappa shape index (κ1) is 13.7. The molecule has 1 unspecified atom stereocenters. The largest absolute Gasteiger partial charge is 0.376 e. The summed E-state index contributed by atoms with van der Waals surface area (Å²) >= 11 is 18.5. The maximum atomic E-state index is 6.24. The van der Waals surface area contributed by atoms with E-state index in [1.165, 1.54) is 11.9 Å². The van der Waals surface area contributed by atoms with Gasteiger partial charge in [0.05, 0.1) is 5.71 Å². The zero-order valence-electron chi connectivity index (χ0n) is 9.33. The minimum atomic E-state index is -0.728. The number of hydrogen-bond donors (Lipinski definition) is 3. The fraction of sp³-hybridized carbons (Fsp3) is 0.200.